The Balaban J connectivity index is 2.18. The van der Waals surface area contributed by atoms with Crippen molar-refractivity contribution in [1.82, 2.24) is 0 Å². The predicted molar refractivity (Wildman–Crippen MR) is 69.8 cm³/mol. The van der Waals surface area contributed by atoms with Gasteiger partial charge in [-0.05, 0) is 18.6 Å². The Hall–Kier alpha value is -1.73. The van der Waals surface area contributed by atoms with Crippen molar-refractivity contribution in [3.63, 3.8) is 0 Å². The van der Waals surface area contributed by atoms with E-state index in [1.165, 1.54) is 0 Å². The van der Waals surface area contributed by atoms with Gasteiger partial charge < -0.3 is 14.7 Å². The third-order valence-corrected chi connectivity index (χ3v) is 3.35. The van der Waals surface area contributed by atoms with Crippen LogP contribution in [0, 0.1) is 11.3 Å². The Morgan fingerprint density at radius 3 is 2.78 bits per heavy atom. The molecule has 1 aliphatic rings. The highest BCUT2D eigenvalue weighted by Crippen LogP contribution is 2.34. The van der Waals surface area contributed by atoms with Crippen LogP contribution in [0.4, 0.5) is 5.69 Å². The summed E-state index contributed by atoms with van der Waals surface area (Å²) in [7, 11) is 1.61. The number of anilines is 1. The molecule has 1 N–H and O–H groups in total. The van der Waals surface area contributed by atoms with Crippen molar-refractivity contribution >= 4 is 5.69 Å². The number of hydrogen-bond donors (Lipinski definition) is 1. The van der Waals surface area contributed by atoms with E-state index in [1.807, 2.05) is 11.0 Å². The largest absolute Gasteiger partial charge is 0.497 e. The molecule has 96 valence electrons. The SMILES string of the molecule is CCCC1(O)CN(c2cc(OC)ccc2C#N)C1. The Labute approximate surface area is 107 Å². The van der Waals surface area contributed by atoms with Crippen LogP contribution < -0.4 is 9.64 Å². The molecular weight excluding hydrogens is 228 g/mol. The molecular formula is C14H18N2O2. The van der Waals surface area contributed by atoms with Crippen LogP contribution in [-0.2, 0) is 0 Å². The van der Waals surface area contributed by atoms with Crippen molar-refractivity contribution in [1.29, 1.82) is 5.26 Å². The van der Waals surface area contributed by atoms with Crippen LogP contribution in [0.3, 0.4) is 0 Å². The average Bonchev–Trinajstić information content (AvgIpc) is 2.35. The van der Waals surface area contributed by atoms with Crippen molar-refractivity contribution < 1.29 is 9.84 Å². The molecule has 18 heavy (non-hydrogen) atoms. The minimum atomic E-state index is -0.593. The highest BCUT2D eigenvalue weighted by Gasteiger charge is 2.41. The lowest BCUT2D eigenvalue weighted by molar-refractivity contribution is 0.00336. The molecule has 1 fully saturated rings. The molecule has 4 heteroatoms. The summed E-state index contributed by atoms with van der Waals surface area (Å²) in [5, 5.41) is 19.3. The number of rotatable bonds is 4. The normalized spacial score (nSPS) is 16.9. The van der Waals surface area contributed by atoms with E-state index in [1.54, 1.807) is 19.2 Å². The van der Waals surface area contributed by atoms with E-state index in [2.05, 4.69) is 13.0 Å². The molecule has 0 spiro atoms. The molecule has 0 amide bonds. The van der Waals surface area contributed by atoms with Crippen LogP contribution in [0.1, 0.15) is 25.3 Å². The molecule has 0 radical (unpaired) electrons. The Kier molecular flexibility index (Phi) is 3.44. The van der Waals surface area contributed by atoms with Crippen LogP contribution >= 0.6 is 0 Å². The van der Waals surface area contributed by atoms with E-state index in [0.717, 1.165) is 24.3 Å². The standard InChI is InChI=1S/C14H18N2O2/c1-3-6-14(17)9-16(10-14)13-7-12(18-2)5-4-11(13)8-15/h4-5,7,17H,3,6,9-10H2,1-2H3. The zero-order chi connectivity index (χ0) is 13.2. The Morgan fingerprint density at radius 1 is 1.50 bits per heavy atom. The summed E-state index contributed by atoms with van der Waals surface area (Å²) in [6.45, 7) is 3.23. The number of hydrogen-bond acceptors (Lipinski definition) is 4. The molecule has 0 saturated carbocycles. The highest BCUT2D eigenvalue weighted by atomic mass is 16.5. The molecule has 1 saturated heterocycles. The van der Waals surface area contributed by atoms with Crippen LogP contribution in [0.2, 0.25) is 0 Å². The average molecular weight is 246 g/mol. The number of methoxy groups -OCH3 is 1. The zero-order valence-corrected chi connectivity index (χ0v) is 10.8. The first-order chi connectivity index (χ1) is 8.61. The van der Waals surface area contributed by atoms with Gasteiger partial charge in [0.2, 0.25) is 0 Å². The number of benzene rings is 1. The number of ether oxygens (including phenoxy) is 1. The van der Waals surface area contributed by atoms with Gasteiger partial charge in [0.15, 0.2) is 0 Å². The quantitative estimate of drug-likeness (QED) is 0.881. The topological polar surface area (TPSA) is 56.5 Å². The van der Waals surface area contributed by atoms with Crippen molar-refractivity contribution in [2.75, 3.05) is 25.1 Å². The monoisotopic (exact) mass is 246 g/mol. The maximum Gasteiger partial charge on any atom is 0.121 e. The first kappa shape index (κ1) is 12.7. The maximum absolute atomic E-state index is 10.2. The van der Waals surface area contributed by atoms with Crippen molar-refractivity contribution in [3.05, 3.63) is 23.8 Å². The summed E-state index contributed by atoms with van der Waals surface area (Å²) in [5.41, 5.74) is 0.872. The van der Waals surface area contributed by atoms with Crippen LogP contribution in [-0.4, -0.2) is 30.9 Å². The smallest absolute Gasteiger partial charge is 0.121 e. The van der Waals surface area contributed by atoms with Gasteiger partial charge in [-0.15, -0.1) is 0 Å². The van der Waals surface area contributed by atoms with Crippen molar-refractivity contribution in [2.45, 2.75) is 25.4 Å². The first-order valence-corrected chi connectivity index (χ1v) is 6.17. The molecule has 1 heterocycles. The molecule has 0 atom stereocenters. The van der Waals surface area contributed by atoms with Crippen molar-refractivity contribution in [2.24, 2.45) is 0 Å². The molecule has 0 bridgehead atoms. The first-order valence-electron chi connectivity index (χ1n) is 6.17. The maximum atomic E-state index is 10.2. The summed E-state index contributed by atoms with van der Waals surface area (Å²) >= 11 is 0. The molecule has 0 aromatic heterocycles. The lowest BCUT2D eigenvalue weighted by atomic mass is 9.88. The molecule has 0 unspecified atom stereocenters. The summed E-state index contributed by atoms with van der Waals surface area (Å²) in [6, 6.07) is 7.56. The fraction of sp³-hybridized carbons (Fsp3) is 0.500. The predicted octanol–water partition coefficient (Wildman–Crippen LogP) is 1.92. The highest BCUT2D eigenvalue weighted by molar-refractivity contribution is 5.64. The van der Waals surface area contributed by atoms with E-state index in [4.69, 9.17) is 10.00 Å². The summed E-state index contributed by atoms with van der Waals surface area (Å²) in [5.74, 6) is 0.731. The summed E-state index contributed by atoms with van der Waals surface area (Å²) in [6.07, 6.45) is 1.77. The molecule has 0 aliphatic carbocycles. The van der Waals surface area contributed by atoms with Gasteiger partial charge in [-0.1, -0.05) is 13.3 Å². The molecule has 4 nitrogen and oxygen atoms in total. The van der Waals surface area contributed by atoms with E-state index in [-0.39, 0.29) is 0 Å². The third-order valence-electron chi connectivity index (χ3n) is 3.35. The van der Waals surface area contributed by atoms with Gasteiger partial charge in [0.05, 0.1) is 24.0 Å². The summed E-state index contributed by atoms with van der Waals surface area (Å²) < 4.78 is 5.17. The van der Waals surface area contributed by atoms with E-state index >= 15 is 0 Å². The van der Waals surface area contributed by atoms with Crippen molar-refractivity contribution in [3.8, 4) is 11.8 Å². The lowest BCUT2D eigenvalue weighted by Gasteiger charge is -2.48. The van der Waals surface area contributed by atoms with Gasteiger partial charge in [-0.2, -0.15) is 5.26 Å². The second-order valence-corrected chi connectivity index (χ2v) is 4.83. The Morgan fingerprint density at radius 2 is 2.22 bits per heavy atom. The van der Waals surface area contributed by atoms with Crippen LogP contribution in [0.5, 0.6) is 5.75 Å². The molecule has 1 aromatic carbocycles. The van der Waals surface area contributed by atoms with Gasteiger partial charge in [0.1, 0.15) is 11.8 Å². The van der Waals surface area contributed by atoms with Crippen LogP contribution in [0.15, 0.2) is 18.2 Å². The molecule has 1 aromatic rings. The van der Waals surface area contributed by atoms with Gasteiger partial charge in [0, 0.05) is 19.2 Å². The third kappa shape index (κ3) is 2.27. The van der Waals surface area contributed by atoms with Crippen LogP contribution in [0.25, 0.3) is 0 Å². The second kappa shape index (κ2) is 4.87. The van der Waals surface area contributed by atoms with Gasteiger partial charge in [-0.25, -0.2) is 0 Å². The van der Waals surface area contributed by atoms with Gasteiger partial charge >= 0.3 is 0 Å². The number of nitriles is 1. The number of aliphatic hydroxyl groups is 1. The fourth-order valence-corrected chi connectivity index (χ4v) is 2.45. The van der Waals surface area contributed by atoms with Gasteiger partial charge in [0.25, 0.3) is 0 Å². The molecule has 2 rings (SSSR count). The minimum absolute atomic E-state index is 0.586. The molecule has 1 aliphatic heterocycles. The van der Waals surface area contributed by atoms with E-state index in [9.17, 15) is 5.11 Å². The number of β-amino-alcohol motifs (C(OH)–C–C–N with tert-alkyl or cyclic N) is 1. The van der Waals surface area contributed by atoms with E-state index < -0.39 is 5.60 Å². The van der Waals surface area contributed by atoms with Gasteiger partial charge in [-0.3, -0.25) is 0 Å². The van der Waals surface area contributed by atoms with E-state index in [0.29, 0.717) is 18.7 Å². The second-order valence-electron chi connectivity index (χ2n) is 4.83. The number of nitrogens with zero attached hydrogens (tertiary/aromatic N) is 2. The zero-order valence-electron chi connectivity index (χ0n) is 10.8. The Bertz CT molecular complexity index is 473. The lowest BCUT2D eigenvalue weighted by Crippen LogP contribution is -2.62. The summed E-state index contributed by atoms with van der Waals surface area (Å²) in [4.78, 5) is 2.02. The fourth-order valence-electron chi connectivity index (χ4n) is 2.45. The minimum Gasteiger partial charge on any atom is -0.497 e.